The monoisotopic (exact) mass is 575 g/mol. The molecule has 3 aromatic carbocycles. The highest BCUT2D eigenvalue weighted by molar-refractivity contribution is 8.01. The number of non-ortho nitro benzene ring substituents is 1. The molecule has 40 heavy (non-hydrogen) atoms. The van der Waals surface area contributed by atoms with Crippen LogP contribution in [0.5, 0.6) is 0 Å². The van der Waals surface area contributed by atoms with Crippen LogP contribution in [0, 0.1) is 34.1 Å². The van der Waals surface area contributed by atoms with E-state index < -0.39 is 27.7 Å². The second-order valence-corrected chi connectivity index (χ2v) is 11.0. The predicted molar refractivity (Wildman–Crippen MR) is 148 cm³/mol. The van der Waals surface area contributed by atoms with Gasteiger partial charge in [0.25, 0.3) is 23.2 Å². The zero-order chi connectivity index (χ0) is 28.7. The third kappa shape index (κ3) is 5.04. The van der Waals surface area contributed by atoms with Crippen molar-refractivity contribution >= 4 is 74.3 Å². The maximum atomic E-state index is 13.2. The molecule has 1 aliphatic rings. The van der Waals surface area contributed by atoms with Gasteiger partial charge in [0.05, 0.1) is 30.6 Å². The Hall–Kier alpha value is -4.95. The maximum Gasteiger partial charge on any atom is 0.335 e. The summed E-state index contributed by atoms with van der Waals surface area (Å²) in [5.74, 6) is -1.78. The van der Waals surface area contributed by atoms with Gasteiger partial charge in [-0.3, -0.25) is 35.1 Å². The van der Waals surface area contributed by atoms with Gasteiger partial charge < -0.3 is 0 Å². The number of aromatic nitrogens is 1. The molecular weight excluding hydrogens is 558 g/mol. The highest BCUT2D eigenvalue weighted by atomic mass is 32.2. The lowest BCUT2D eigenvalue weighted by atomic mass is 10.0. The number of rotatable bonds is 6. The zero-order valence-corrected chi connectivity index (χ0v) is 22.4. The summed E-state index contributed by atoms with van der Waals surface area (Å²) >= 11 is 2.17. The van der Waals surface area contributed by atoms with Gasteiger partial charge in [-0.15, -0.1) is 11.3 Å². The molecule has 4 aromatic rings. The van der Waals surface area contributed by atoms with E-state index in [0.717, 1.165) is 39.1 Å². The van der Waals surface area contributed by atoms with Crippen LogP contribution in [-0.4, -0.2) is 32.7 Å². The Morgan fingerprint density at radius 3 is 2.42 bits per heavy atom. The maximum absolute atomic E-state index is 13.2. The second kappa shape index (κ2) is 10.3. The molecule has 2 heterocycles. The summed E-state index contributed by atoms with van der Waals surface area (Å²) in [4.78, 5) is 65.6. The number of aryl methyl sites for hydroxylation is 2. The molecular formula is C26H17N5O7S2. The molecule has 0 atom stereocenters. The van der Waals surface area contributed by atoms with Gasteiger partial charge in [-0.05, 0) is 60.9 Å². The van der Waals surface area contributed by atoms with Gasteiger partial charge in [0.2, 0.25) is 0 Å². The number of nitro benzene ring substituents is 2. The fourth-order valence-corrected chi connectivity index (χ4v) is 6.06. The number of amides is 4. The lowest BCUT2D eigenvalue weighted by Gasteiger charge is -2.26. The summed E-state index contributed by atoms with van der Waals surface area (Å²) in [6.07, 6.45) is 1.19. The number of carbonyl (C=O) groups is 3. The number of fused-ring (bicyclic) bond motifs is 1. The van der Waals surface area contributed by atoms with Crippen molar-refractivity contribution in [3.05, 3.63) is 97.1 Å². The number of barbiturate groups is 1. The molecule has 5 rings (SSSR count). The molecule has 1 aromatic heterocycles. The van der Waals surface area contributed by atoms with Crippen LogP contribution >= 0.6 is 23.1 Å². The van der Waals surface area contributed by atoms with E-state index in [-0.39, 0.29) is 33.1 Å². The van der Waals surface area contributed by atoms with Crippen molar-refractivity contribution in [1.29, 1.82) is 0 Å². The Bertz CT molecular complexity index is 1810. The topological polar surface area (TPSA) is 166 Å². The number of carbonyl (C=O) groups excluding carboxylic acids is 3. The van der Waals surface area contributed by atoms with Gasteiger partial charge in [0, 0.05) is 18.2 Å². The average Bonchev–Trinajstić information content (AvgIpc) is 3.30. The van der Waals surface area contributed by atoms with Gasteiger partial charge in [0.1, 0.15) is 5.57 Å². The normalized spacial score (nSPS) is 14.6. The van der Waals surface area contributed by atoms with E-state index in [4.69, 9.17) is 0 Å². The molecule has 0 aliphatic carbocycles. The molecule has 0 saturated carbocycles. The van der Waals surface area contributed by atoms with Crippen molar-refractivity contribution < 1.29 is 24.2 Å². The first-order chi connectivity index (χ1) is 19.0. The van der Waals surface area contributed by atoms with E-state index in [2.05, 4.69) is 10.3 Å². The average molecular weight is 576 g/mol. The van der Waals surface area contributed by atoms with Gasteiger partial charge in [-0.25, -0.2) is 14.7 Å². The van der Waals surface area contributed by atoms with Crippen LogP contribution < -0.4 is 10.2 Å². The van der Waals surface area contributed by atoms with Crippen molar-refractivity contribution in [2.45, 2.75) is 23.1 Å². The van der Waals surface area contributed by atoms with Crippen LogP contribution in [0.2, 0.25) is 0 Å². The number of hydrogen-bond acceptors (Lipinski definition) is 10. The quantitative estimate of drug-likeness (QED) is 0.134. The van der Waals surface area contributed by atoms with Gasteiger partial charge in [-0.2, -0.15) is 0 Å². The van der Waals surface area contributed by atoms with Crippen molar-refractivity contribution in [2.75, 3.05) is 4.90 Å². The largest absolute Gasteiger partial charge is 0.335 e. The van der Waals surface area contributed by atoms with E-state index in [0.29, 0.717) is 14.6 Å². The molecule has 4 amide bonds. The van der Waals surface area contributed by atoms with Crippen LogP contribution in [-0.2, 0) is 9.59 Å². The first kappa shape index (κ1) is 26.6. The number of urea groups is 1. The first-order valence-electron chi connectivity index (χ1n) is 11.5. The fraction of sp³-hybridized carbons (Fsp3) is 0.0769. The van der Waals surface area contributed by atoms with Gasteiger partial charge in [0.15, 0.2) is 4.34 Å². The van der Waals surface area contributed by atoms with Gasteiger partial charge >= 0.3 is 6.03 Å². The molecule has 0 unspecified atom stereocenters. The Morgan fingerprint density at radius 1 is 0.950 bits per heavy atom. The molecule has 12 nitrogen and oxygen atoms in total. The number of thiazole rings is 1. The SMILES string of the molecule is Cc1ccc(N2C(=O)NC(=O)/C(=C\c3ccc(Sc4nc5ccc([N+](=O)[O-])cc5s4)c([N+](=O)[O-])c3)C2=O)cc1C. The van der Waals surface area contributed by atoms with Crippen LogP contribution in [0.15, 0.2) is 69.4 Å². The summed E-state index contributed by atoms with van der Waals surface area (Å²) < 4.78 is 1.000. The smallest absolute Gasteiger partial charge is 0.273 e. The van der Waals surface area contributed by atoms with Crippen LogP contribution in [0.3, 0.4) is 0 Å². The van der Waals surface area contributed by atoms with Crippen molar-refractivity contribution in [3.8, 4) is 0 Å². The lowest BCUT2D eigenvalue weighted by Crippen LogP contribution is -2.54. The van der Waals surface area contributed by atoms with E-state index in [1.807, 2.05) is 13.8 Å². The van der Waals surface area contributed by atoms with E-state index in [1.165, 1.54) is 42.5 Å². The minimum atomic E-state index is -0.917. The number of hydrogen-bond donors (Lipinski definition) is 1. The standard InChI is InChI=1S/C26H17N5O7S2/c1-13-3-5-16(9-14(13)2)29-24(33)18(23(32)28-25(29)34)10-15-4-8-21(20(11-15)31(37)38)39-26-27-19-7-6-17(30(35)36)12-22(19)40-26/h3-12H,1-2H3,(H,28,32,34)/b18-10+. The number of nitrogens with zero attached hydrogens (tertiary/aromatic N) is 4. The van der Waals surface area contributed by atoms with E-state index in [9.17, 15) is 34.6 Å². The van der Waals surface area contributed by atoms with Crippen molar-refractivity contribution in [2.24, 2.45) is 0 Å². The summed E-state index contributed by atoms with van der Waals surface area (Å²) in [5, 5.41) is 25.1. The summed E-state index contributed by atoms with van der Waals surface area (Å²) in [6.45, 7) is 3.70. The van der Waals surface area contributed by atoms with E-state index in [1.54, 1.807) is 18.2 Å². The Kier molecular flexibility index (Phi) is 6.87. The first-order valence-corrected chi connectivity index (χ1v) is 13.1. The fourth-order valence-electron chi connectivity index (χ4n) is 3.92. The Balaban J connectivity index is 1.47. The number of imide groups is 2. The molecule has 0 bridgehead atoms. The van der Waals surface area contributed by atoms with Crippen molar-refractivity contribution in [1.82, 2.24) is 10.3 Å². The highest BCUT2D eigenvalue weighted by Crippen LogP contribution is 2.40. The Labute approximate surface area is 233 Å². The highest BCUT2D eigenvalue weighted by Gasteiger charge is 2.37. The minimum Gasteiger partial charge on any atom is -0.273 e. The molecule has 1 fully saturated rings. The second-order valence-electron chi connectivity index (χ2n) is 8.70. The molecule has 14 heteroatoms. The number of nitrogens with one attached hydrogen (secondary N) is 1. The lowest BCUT2D eigenvalue weighted by molar-refractivity contribution is -0.387. The third-order valence-corrected chi connectivity index (χ3v) is 8.25. The predicted octanol–water partition coefficient (Wildman–Crippen LogP) is 5.55. The van der Waals surface area contributed by atoms with Gasteiger partial charge in [-0.1, -0.05) is 23.9 Å². The van der Waals surface area contributed by atoms with Crippen LogP contribution in [0.25, 0.3) is 16.3 Å². The van der Waals surface area contributed by atoms with Crippen LogP contribution in [0.4, 0.5) is 21.9 Å². The molecule has 0 radical (unpaired) electrons. The summed E-state index contributed by atoms with van der Waals surface area (Å²) in [6, 6.07) is 12.5. The minimum absolute atomic E-state index is 0.0878. The zero-order valence-electron chi connectivity index (χ0n) is 20.7. The number of nitro groups is 2. The number of benzene rings is 3. The van der Waals surface area contributed by atoms with Crippen molar-refractivity contribution in [3.63, 3.8) is 0 Å². The third-order valence-electron chi connectivity index (χ3n) is 6.10. The molecule has 0 spiro atoms. The molecule has 200 valence electrons. The summed E-state index contributed by atoms with van der Waals surface area (Å²) in [5.41, 5.74) is 2.05. The molecule has 1 N–H and O–H groups in total. The summed E-state index contributed by atoms with van der Waals surface area (Å²) in [7, 11) is 0. The number of anilines is 1. The van der Waals surface area contributed by atoms with Crippen LogP contribution in [0.1, 0.15) is 16.7 Å². The van der Waals surface area contributed by atoms with E-state index >= 15 is 0 Å². The molecule has 1 saturated heterocycles. The Morgan fingerprint density at radius 2 is 1.73 bits per heavy atom. The molecule has 1 aliphatic heterocycles.